The van der Waals surface area contributed by atoms with Crippen molar-refractivity contribution in [3.63, 3.8) is 0 Å². The number of carbonyl (C=O) groups is 1. The minimum atomic E-state index is -0.0976. The summed E-state index contributed by atoms with van der Waals surface area (Å²) in [6.45, 7) is 2.53. The van der Waals surface area contributed by atoms with E-state index in [4.69, 9.17) is 5.73 Å². The lowest BCUT2D eigenvalue weighted by molar-refractivity contribution is 0.0737. The molecular formula is C16H20Cl2N4OS2. The van der Waals surface area contributed by atoms with Crippen LogP contribution in [0.5, 0.6) is 0 Å². The second kappa shape index (κ2) is 9.45. The fourth-order valence-electron chi connectivity index (χ4n) is 2.24. The lowest BCUT2D eigenvalue weighted by Crippen LogP contribution is -2.29. The van der Waals surface area contributed by atoms with E-state index in [9.17, 15) is 4.79 Å². The Balaban J connectivity index is 0.00000156. The van der Waals surface area contributed by atoms with Gasteiger partial charge in [0.1, 0.15) is 10.7 Å². The average molecular weight is 419 g/mol. The Kier molecular flexibility index (Phi) is 8.24. The predicted molar refractivity (Wildman–Crippen MR) is 109 cm³/mol. The van der Waals surface area contributed by atoms with E-state index in [1.54, 1.807) is 28.7 Å². The molecule has 0 radical (unpaired) electrons. The van der Waals surface area contributed by atoms with Gasteiger partial charge in [0.05, 0.1) is 21.3 Å². The zero-order chi connectivity index (χ0) is 16.4. The Labute approximate surface area is 167 Å². The van der Waals surface area contributed by atoms with Gasteiger partial charge in [0.25, 0.3) is 5.91 Å². The summed E-state index contributed by atoms with van der Waals surface area (Å²) >= 11 is 3.10. The highest BCUT2D eigenvalue weighted by atomic mass is 35.5. The zero-order valence-electron chi connectivity index (χ0n) is 13.8. The third-order valence-corrected chi connectivity index (χ3v) is 5.81. The first-order valence-electron chi connectivity index (χ1n) is 7.37. The van der Waals surface area contributed by atoms with Crippen LogP contribution in [0, 0.1) is 0 Å². The second-order valence-corrected chi connectivity index (χ2v) is 7.28. The van der Waals surface area contributed by atoms with Crippen LogP contribution in [0.1, 0.15) is 33.5 Å². The van der Waals surface area contributed by atoms with Crippen molar-refractivity contribution >= 4 is 63.6 Å². The van der Waals surface area contributed by atoms with Crippen molar-refractivity contribution in [1.29, 1.82) is 0 Å². The van der Waals surface area contributed by atoms with E-state index in [1.165, 1.54) is 11.3 Å². The lowest BCUT2D eigenvalue weighted by Gasteiger charge is -2.22. The Hall–Kier alpha value is -1.25. The monoisotopic (exact) mass is 418 g/mol. The van der Waals surface area contributed by atoms with Crippen molar-refractivity contribution in [3.8, 4) is 0 Å². The molecule has 0 fully saturated rings. The number of benzene rings is 1. The summed E-state index contributed by atoms with van der Waals surface area (Å²) in [4.78, 5) is 23.3. The molecule has 3 rings (SSSR count). The van der Waals surface area contributed by atoms with Crippen molar-refractivity contribution in [2.24, 2.45) is 5.73 Å². The molecule has 1 atom stereocenters. The van der Waals surface area contributed by atoms with Gasteiger partial charge in [-0.25, -0.2) is 9.97 Å². The number of nitrogens with two attached hydrogens (primary N) is 1. The molecule has 2 aromatic heterocycles. The van der Waals surface area contributed by atoms with E-state index in [2.05, 4.69) is 9.97 Å². The SMILES string of the molecule is CC(c1nc2ccccc2s1)N(C)C(=O)c1csc(CCN)n1.Cl.Cl. The van der Waals surface area contributed by atoms with Crippen LogP contribution in [-0.4, -0.2) is 34.4 Å². The number of amides is 1. The standard InChI is InChI=1S/C16H18N4OS2.2ClH/c1-10(15-19-11-5-3-4-6-13(11)23-15)20(2)16(21)12-9-22-14(18-12)7-8-17;;/h3-6,9-10H,7-8,17H2,1-2H3;2*1H. The first-order chi connectivity index (χ1) is 11.1. The van der Waals surface area contributed by atoms with Gasteiger partial charge in [0, 0.05) is 18.8 Å². The number of thiazole rings is 2. The van der Waals surface area contributed by atoms with E-state index >= 15 is 0 Å². The van der Waals surface area contributed by atoms with Gasteiger partial charge in [0.15, 0.2) is 0 Å². The smallest absolute Gasteiger partial charge is 0.273 e. The van der Waals surface area contributed by atoms with E-state index in [-0.39, 0.29) is 36.8 Å². The quantitative estimate of drug-likeness (QED) is 0.680. The number of fused-ring (bicyclic) bond motifs is 1. The maximum atomic E-state index is 12.6. The minimum Gasteiger partial charge on any atom is -0.331 e. The van der Waals surface area contributed by atoms with E-state index in [0.29, 0.717) is 18.7 Å². The third-order valence-electron chi connectivity index (χ3n) is 3.70. The van der Waals surface area contributed by atoms with Crippen molar-refractivity contribution in [1.82, 2.24) is 14.9 Å². The molecule has 9 heteroatoms. The Morgan fingerprint density at radius 1 is 1.28 bits per heavy atom. The summed E-state index contributed by atoms with van der Waals surface area (Å²) in [5, 5.41) is 3.63. The summed E-state index contributed by atoms with van der Waals surface area (Å²) in [5.74, 6) is -0.0868. The summed E-state index contributed by atoms with van der Waals surface area (Å²) in [6, 6.07) is 7.91. The highest BCUT2D eigenvalue weighted by Gasteiger charge is 2.23. The largest absolute Gasteiger partial charge is 0.331 e. The minimum absolute atomic E-state index is 0. The topological polar surface area (TPSA) is 72.1 Å². The Morgan fingerprint density at radius 3 is 2.68 bits per heavy atom. The molecule has 1 aromatic carbocycles. The molecule has 136 valence electrons. The number of para-hydroxylation sites is 1. The van der Waals surface area contributed by atoms with Crippen LogP contribution in [0.25, 0.3) is 10.2 Å². The number of halogens is 2. The molecule has 0 spiro atoms. The Morgan fingerprint density at radius 2 is 2.00 bits per heavy atom. The highest BCUT2D eigenvalue weighted by Crippen LogP contribution is 2.29. The molecule has 3 aromatic rings. The molecule has 1 unspecified atom stereocenters. The number of hydrogen-bond acceptors (Lipinski definition) is 6. The number of carbonyl (C=O) groups excluding carboxylic acids is 1. The predicted octanol–water partition coefficient (Wildman–Crippen LogP) is 3.93. The van der Waals surface area contributed by atoms with E-state index in [1.807, 2.05) is 31.2 Å². The first-order valence-corrected chi connectivity index (χ1v) is 9.07. The van der Waals surface area contributed by atoms with Gasteiger partial charge in [-0.15, -0.1) is 47.5 Å². The molecule has 0 saturated heterocycles. The first kappa shape index (κ1) is 21.8. The van der Waals surface area contributed by atoms with Gasteiger partial charge in [-0.1, -0.05) is 12.1 Å². The van der Waals surface area contributed by atoms with Gasteiger partial charge in [-0.2, -0.15) is 0 Å². The Bertz CT molecular complexity index is 803. The van der Waals surface area contributed by atoms with Crippen LogP contribution in [0.15, 0.2) is 29.6 Å². The molecule has 5 nitrogen and oxygen atoms in total. The van der Waals surface area contributed by atoms with Crippen LogP contribution in [0.3, 0.4) is 0 Å². The molecule has 25 heavy (non-hydrogen) atoms. The van der Waals surface area contributed by atoms with Crippen molar-refractivity contribution in [2.45, 2.75) is 19.4 Å². The number of rotatable bonds is 5. The van der Waals surface area contributed by atoms with Crippen LogP contribution in [-0.2, 0) is 6.42 Å². The van der Waals surface area contributed by atoms with Crippen LogP contribution >= 0.6 is 47.5 Å². The summed E-state index contributed by atoms with van der Waals surface area (Å²) < 4.78 is 1.13. The molecule has 2 N–H and O–H groups in total. The highest BCUT2D eigenvalue weighted by molar-refractivity contribution is 7.18. The zero-order valence-corrected chi connectivity index (χ0v) is 17.1. The van der Waals surface area contributed by atoms with E-state index in [0.717, 1.165) is 20.2 Å². The van der Waals surface area contributed by atoms with Crippen LogP contribution in [0.2, 0.25) is 0 Å². The normalized spacial score (nSPS) is 11.5. The maximum absolute atomic E-state index is 12.6. The lowest BCUT2D eigenvalue weighted by atomic mass is 10.3. The summed E-state index contributed by atoms with van der Waals surface area (Å²) in [6.07, 6.45) is 0.703. The fraction of sp³-hybridized carbons (Fsp3) is 0.312. The summed E-state index contributed by atoms with van der Waals surface area (Å²) in [5.41, 5.74) is 6.98. The molecule has 2 heterocycles. The number of nitrogens with zero attached hydrogens (tertiary/aromatic N) is 3. The van der Waals surface area contributed by atoms with Crippen molar-refractivity contribution in [3.05, 3.63) is 45.4 Å². The van der Waals surface area contributed by atoms with Crippen LogP contribution in [0.4, 0.5) is 0 Å². The third kappa shape index (κ3) is 4.68. The van der Waals surface area contributed by atoms with Gasteiger partial charge in [0.2, 0.25) is 0 Å². The average Bonchev–Trinajstić information content (AvgIpc) is 3.19. The van der Waals surface area contributed by atoms with Gasteiger partial charge < -0.3 is 10.6 Å². The molecular weight excluding hydrogens is 399 g/mol. The van der Waals surface area contributed by atoms with E-state index < -0.39 is 0 Å². The molecule has 0 saturated carbocycles. The molecule has 0 aliphatic carbocycles. The molecule has 0 aliphatic heterocycles. The number of aromatic nitrogens is 2. The summed E-state index contributed by atoms with van der Waals surface area (Å²) in [7, 11) is 1.79. The molecule has 0 aliphatic rings. The van der Waals surface area contributed by atoms with Crippen molar-refractivity contribution < 1.29 is 4.79 Å². The second-order valence-electron chi connectivity index (χ2n) is 5.28. The number of hydrogen-bond donors (Lipinski definition) is 1. The van der Waals surface area contributed by atoms with Gasteiger partial charge >= 0.3 is 0 Å². The maximum Gasteiger partial charge on any atom is 0.273 e. The molecule has 1 amide bonds. The van der Waals surface area contributed by atoms with Gasteiger partial charge in [-0.05, 0) is 25.6 Å². The van der Waals surface area contributed by atoms with Gasteiger partial charge in [-0.3, -0.25) is 4.79 Å². The fourth-order valence-corrected chi connectivity index (χ4v) is 4.09. The van der Waals surface area contributed by atoms with Crippen LogP contribution < -0.4 is 5.73 Å². The van der Waals surface area contributed by atoms with Crippen molar-refractivity contribution in [2.75, 3.05) is 13.6 Å². The molecule has 0 bridgehead atoms.